The molecule has 0 bridgehead atoms. The molecule has 5 heteroatoms. The Balaban J connectivity index is 1.61. The molecule has 5 nitrogen and oxygen atoms in total. The van der Waals surface area contributed by atoms with E-state index in [-0.39, 0.29) is 0 Å². The predicted molar refractivity (Wildman–Crippen MR) is 115 cm³/mol. The number of rotatable bonds is 4. The van der Waals surface area contributed by atoms with Crippen molar-refractivity contribution in [2.24, 2.45) is 5.73 Å². The van der Waals surface area contributed by atoms with Gasteiger partial charge in [-0.1, -0.05) is 24.3 Å². The smallest absolute Gasteiger partial charge is 0.319 e. The highest BCUT2D eigenvalue weighted by Crippen LogP contribution is 2.29. The summed E-state index contributed by atoms with van der Waals surface area (Å²) in [6.07, 6.45) is 5.67. The molecular weight excluding hydrogens is 348 g/mol. The van der Waals surface area contributed by atoms with Gasteiger partial charge in [-0.3, -0.25) is 9.88 Å². The lowest BCUT2D eigenvalue weighted by Crippen LogP contribution is -2.35. The molecule has 1 aliphatic rings. The molecule has 2 amide bonds. The van der Waals surface area contributed by atoms with Gasteiger partial charge in [-0.25, -0.2) is 4.79 Å². The third-order valence-corrected chi connectivity index (χ3v) is 5.43. The van der Waals surface area contributed by atoms with Crippen molar-refractivity contribution in [3.8, 4) is 0 Å². The average Bonchev–Trinajstić information content (AvgIpc) is 2.72. The summed E-state index contributed by atoms with van der Waals surface area (Å²) in [7, 11) is 0. The first kappa shape index (κ1) is 18.3. The molecule has 4 rings (SSSR count). The fraction of sp³-hybridized carbons (Fsp3) is 0.304. The summed E-state index contributed by atoms with van der Waals surface area (Å²) in [5, 5.41) is 1.98. The van der Waals surface area contributed by atoms with E-state index in [1.807, 2.05) is 37.4 Å². The number of nitrogens with two attached hydrogens (primary N) is 1. The molecule has 28 heavy (non-hydrogen) atoms. The van der Waals surface area contributed by atoms with E-state index in [0.29, 0.717) is 6.54 Å². The number of pyridine rings is 1. The molecule has 1 fully saturated rings. The number of benzene rings is 2. The zero-order valence-electron chi connectivity index (χ0n) is 16.3. The van der Waals surface area contributed by atoms with Gasteiger partial charge in [0, 0.05) is 41.4 Å². The SMILES string of the molecule is Cc1cc2c(N(Cc3ccc(N4CCCCC4)cc3)C(N)=O)cccc2cn1. The fourth-order valence-electron chi connectivity index (χ4n) is 3.92. The number of anilines is 2. The van der Waals surface area contributed by atoms with E-state index in [9.17, 15) is 4.79 Å². The monoisotopic (exact) mass is 374 g/mol. The number of aromatic nitrogens is 1. The number of nitrogens with zero attached hydrogens (tertiary/aromatic N) is 3. The molecule has 0 unspecified atom stereocenters. The van der Waals surface area contributed by atoms with E-state index in [2.05, 4.69) is 34.1 Å². The molecule has 2 aromatic carbocycles. The lowest BCUT2D eigenvalue weighted by atomic mass is 10.1. The van der Waals surface area contributed by atoms with Crippen molar-refractivity contribution in [1.82, 2.24) is 4.98 Å². The topological polar surface area (TPSA) is 62.5 Å². The van der Waals surface area contributed by atoms with Gasteiger partial charge in [0.15, 0.2) is 0 Å². The van der Waals surface area contributed by atoms with Crippen molar-refractivity contribution < 1.29 is 4.79 Å². The minimum absolute atomic E-state index is 0.441. The zero-order chi connectivity index (χ0) is 19.5. The van der Waals surface area contributed by atoms with Crippen molar-refractivity contribution in [2.75, 3.05) is 22.9 Å². The summed E-state index contributed by atoms with van der Waals surface area (Å²) >= 11 is 0. The van der Waals surface area contributed by atoms with Gasteiger partial charge in [0.2, 0.25) is 0 Å². The number of hydrogen-bond donors (Lipinski definition) is 1. The van der Waals surface area contributed by atoms with Gasteiger partial charge in [-0.2, -0.15) is 0 Å². The molecule has 1 aromatic heterocycles. The number of fused-ring (bicyclic) bond motifs is 1. The van der Waals surface area contributed by atoms with Crippen molar-refractivity contribution in [3.63, 3.8) is 0 Å². The van der Waals surface area contributed by atoms with E-state index in [4.69, 9.17) is 5.73 Å². The van der Waals surface area contributed by atoms with E-state index in [1.165, 1.54) is 24.9 Å². The van der Waals surface area contributed by atoms with Crippen molar-refractivity contribution in [1.29, 1.82) is 0 Å². The van der Waals surface area contributed by atoms with Crippen LogP contribution in [0.25, 0.3) is 10.8 Å². The molecule has 2 N–H and O–H groups in total. The Morgan fingerprint density at radius 3 is 2.57 bits per heavy atom. The van der Waals surface area contributed by atoms with Crippen molar-refractivity contribution >= 4 is 28.2 Å². The molecule has 144 valence electrons. The second-order valence-electron chi connectivity index (χ2n) is 7.46. The van der Waals surface area contributed by atoms with Crippen LogP contribution in [-0.2, 0) is 6.54 Å². The van der Waals surface area contributed by atoms with Crippen LogP contribution < -0.4 is 15.5 Å². The first-order valence-electron chi connectivity index (χ1n) is 9.88. The van der Waals surface area contributed by atoms with Crippen LogP contribution in [0.5, 0.6) is 0 Å². The maximum atomic E-state index is 12.3. The summed E-state index contributed by atoms with van der Waals surface area (Å²) in [6.45, 7) is 4.63. The maximum Gasteiger partial charge on any atom is 0.319 e. The molecule has 0 aliphatic carbocycles. The Labute approximate surface area is 165 Å². The van der Waals surface area contributed by atoms with E-state index in [0.717, 1.165) is 40.8 Å². The number of carbonyl (C=O) groups excluding carboxylic acids is 1. The highest BCUT2D eigenvalue weighted by atomic mass is 16.2. The van der Waals surface area contributed by atoms with Crippen LogP contribution >= 0.6 is 0 Å². The van der Waals surface area contributed by atoms with Gasteiger partial charge in [-0.05, 0) is 56.0 Å². The molecule has 0 radical (unpaired) electrons. The quantitative estimate of drug-likeness (QED) is 0.725. The highest BCUT2D eigenvalue weighted by molar-refractivity contribution is 6.02. The fourth-order valence-corrected chi connectivity index (χ4v) is 3.92. The lowest BCUT2D eigenvalue weighted by Gasteiger charge is -2.29. The average molecular weight is 374 g/mol. The first-order chi connectivity index (χ1) is 13.6. The largest absolute Gasteiger partial charge is 0.372 e. The normalized spacial score (nSPS) is 14.2. The van der Waals surface area contributed by atoms with Gasteiger partial charge in [0.25, 0.3) is 0 Å². The predicted octanol–water partition coefficient (Wildman–Crippen LogP) is 4.62. The lowest BCUT2D eigenvalue weighted by molar-refractivity contribution is 0.253. The molecule has 0 spiro atoms. The Morgan fingerprint density at radius 2 is 1.86 bits per heavy atom. The van der Waals surface area contributed by atoms with Crippen molar-refractivity contribution in [2.45, 2.75) is 32.7 Å². The van der Waals surface area contributed by atoms with Gasteiger partial charge in [0.1, 0.15) is 0 Å². The van der Waals surface area contributed by atoms with Gasteiger partial charge >= 0.3 is 6.03 Å². The second-order valence-corrected chi connectivity index (χ2v) is 7.46. The second kappa shape index (κ2) is 7.89. The first-order valence-corrected chi connectivity index (χ1v) is 9.88. The minimum atomic E-state index is -0.456. The highest BCUT2D eigenvalue weighted by Gasteiger charge is 2.17. The van der Waals surface area contributed by atoms with Gasteiger partial charge in [-0.15, -0.1) is 0 Å². The number of carbonyl (C=O) groups is 1. The van der Waals surface area contributed by atoms with Crippen LogP contribution in [0, 0.1) is 6.92 Å². The molecule has 0 saturated carbocycles. The summed E-state index contributed by atoms with van der Waals surface area (Å²) < 4.78 is 0. The Hall–Kier alpha value is -3.08. The Kier molecular flexibility index (Phi) is 5.15. The minimum Gasteiger partial charge on any atom is -0.372 e. The van der Waals surface area contributed by atoms with Crippen LogP contribution in [0.2, 0.25) is 0 Å². The summed E-state index contributed by atoms with van der Waals surface area (Å²) in [5.41, 5.74) is 9.79. The number of piperidine rings is 1. The van der Waals surface area contributed by atoms with Crippen LogP contribution in [0.4, 0.5) is 16.2 Å². The van der Waals surface area contributed by atoms with Crippen LogP contribution in [0.15, 0.2) is 54.7 Å². The number of hydrogen-bond acceptors (Lipinski definition) is 3. The third kappa shape index (κ3) is 3.79. The number of primary amides is 1. The summed E-state index contributed by atoms with van der Waals surface area (Å²) in [4.78, 5) is 20.7. The van der Waals surface area contributed by atoms with Gasteiger partial charge in [0.05, 0.1) is 12.2 Å². The summed E-state index contributed by atoms with van der Waals surface area (Å²) in [5.74, 6) is 0. The standard InChI is InChI=1S/C23H26N4O/c1-17-14-21-19(15-25-17)6-5-7-22(21)27(23(24)28)16-18-8-10-20(11-9-18)26-12-3-2-4-13-26/h5-11,14-15H,2-4,12-13,16H2,1H3,(H2,24,28). The maximum absolute atomic E-state index is 12.3. The van der Waals surface area contributed by atoms with E-state index < -0.39 is 6.03 Å². The molecule has 1 aliphatic heterocycles. The van der Waals surface area contributed by atoms with Crippen LogP contribution in [0.1, 0.15) is 30.5 Å². The third-order valence-electron chi connectivity index (χ3n) is 5.43. The van der Waals surface area contributed by atoms with E-state index >= 15 is 0 Å². The number of urea groups is 1. The van der Waals surface area contributed by atoms with Crippen molar-refractivity contribution in [3.05, 3.63) is 66.0 Å². The van der Waals surface area contributed by atoms with E-state index in [1.54, 1.807) is 4.90 Å². The molecule has 0 atom stereocenters. The molecule has 1 saturated heterocycles. The molecule has 2 heterocycles. The van der Waals surface area contributed by atoms with Crippen LogP contribution in [0.3, 0.4) is 0 Å². The number of amides is 2. The zero-order valence-corrected chi connectivity index (χ0v) is 16.3. The number of aryl methyl sites for hydroxylation is 1. The Bertz CT molecular complexity index is 978. The van der Waals surface area contributed by atoms with Crippen LogP contribution in [-0.4, -0.2) is 24.1 Å². The Morgan fingerprint density at radius 1 is 1.11 bits per heavy atom. The molecular formula is C23H26N4O. The summed E-state index contributed by atoms with van der Waals surface area (Å²) in [6, 6.07) is 15.9. The van der Waals surface area contributed by atoms with Gasteiger partial charge < -0.3 is 10.6 Å². The molecule has 3 aromatic rings.